The molecule has 3 heterocycles. The number of thioether (sulfide) groups is 1. The molecule has 0 saturated heterocycles. The Morgan fingerprint density at radius 2 is 1.86 bits per heavy atom. The average Bonchev–Trinajstić information content (AvgIpc) is 3.44. The molecule has 0 spiro atoms. The minimum Gasteiger partial charge on any atom is -0.457 e. The third kappa shape index (κ3) is 4.00. The second kappa shape index (κ2) is 8.90. The Labute approximate surface area is 207 Å². The Kier molecular flexibility index (Phi) is 5.58. The van der Waals surface area contributed by atoms with E-state index in [0.717, 1.165) is 41.3 Å². The van der Waals surface area contributed by atoms with E-state index >= 15 is 0 Å². The van der Waals surface area contributed by atoms with E-state index in [-0.39, 0.29) is 24.0 Å². The van der Waals surface area contributed by atoms with Gasteiger partial charge in [0.1, 0.15) is 21.8 Å². The van der Waals surface area contributed by atoms with Crippen LogP contribution in [0.5, 0.6) is 11.5 Å². The van der Waals surface area contributed by atoms with Crippen molar-refractivity contribution in [2.45, 2.75) is 47.7 Å². The fourth-order valence-corrected chi connectivity index (χ4v) is 6.24. The Hall–Kier alpha value is -3.56. The van der Waals surface area contributed by atoms with E-state index in [1.54, 1.807) is 11.1 Å². The van der Waals surface area contributed by atoms with Gasteiger partial charge in [0.05, 0.1) is 17.4 Å². The number of nitrogens with zero attached hydrogens (tertiary/aromatic N) is 2. The van der Waals surface area contributed by atoms with E-state index in [1.165, 1.54) is 11.8 Å². The number of hydrogen-bond donors (Lipinski definition) is 3. The lowest BCUT2D eigenvalue weighted by molar-refractivity contribution is -0.121. The summed E-state index contributed by atoms with van der Waals surface area (Å²) in [6, 6.07) is 17.9. The van der Waals surface area contributed by atoms with Crippen LogP contribution in [0.25, 0.3) is 0 Å². The number of urea groups is 1. The highest BCUT2D eigenvalue weighted by molar-refractivity contribution is 8.01. The molecule has 1 saturated carbocycles. The van der Waals surface area contributed by atoms with Crippen LogP contribution in [0, 0.1) is 0 Å². The number of amides is 3. The van der Waals surface area contributed by atoms with Gasteiger partial charge in [-0.15, -0.1) is 0 Å². The Bertz CT molecular complexity index is 1270. The van der Waals surface area contributed by atoms with Crippen LogP contribution in [-0.4, -0.2) is 34.3 Å². The van der Waals surface area contributed by atoms with E-state index < -0.39 is 11.3 Å². The molecule has 9 heteroatoms. The largest absolute Gasteiger partial charge is 0.457 e. The van der Waals surface area contributed by atoms with E-state index in [4.69, 9.17) is 10.5 Å². The molecule has 178 valence electrons. The Balaban J connectivity index is 1.25. The van der Waals surface area contributed by atoms with Crippen molar-refractivity contribution in [3.05, 3.63) is 72.4 Å². The molecule has 35 heavy (non-hydrogen) atoms. The molecule has 2 aliphatic heterocycles. The van der Waals surface area contributed by atoms with Crippen molar-refractivity contribution in [1.29, 1.82) is 0 Å². The fraction of sp³-hybridized carbons (Fsp3) is 0.269. The summed E-state index contributed by atoms with van der Waals surface area (Å²) in [6.45, 7) is 0. The summed E-state index contributed by atoms with van der Waals surface area (Å²) in [5.41, 5.74) is 8.46. The Morgan fingerprint density at radius 1 is 1.09 bits per heavy atom. The van der Waals surface area contributed by atoms with Crippen molar-refractivity contribution in [2.75, 3.05) is 4.90 Å². The SMILES string of the molecule is N[C@@H]1CCC[C@@H]1NC(=O)C1Sc2nccc3c2C1NC(=O)N3c1ccc(Oc2ccccc2)cc1. The summed E-state index contributed by atoms with van der Waals surface area (Å²) >= 11 is 1.39. The zero-order valence-corrected chi connectivity index (χ0v) is 19.7. The number of benzene rings is 2. The topological polar surface area (TPSA) is 110 Å². The van der Waals surface area contributed by atoms with E-state index in [2.05, 4.69) is 15.6 Å². The van der Waals surface area contributed by atoms with Crippen molar-refractivity contribution < 1.29 is 14.3 Å². The van der Waals surface area contributed by atoms with Gasteiger partial charge in [0, 0.05) is 23.8 Å². The molecule has 0 radical (unpaired) electrons. The minimum atomic E-state index is -0.487. The van der Waals surface area contributed by atoms with Gasteiger partial charge in [0.2, 0.25) is 5.91 Å². The summed E-state index contributed by atoms with van der Waals surface area (Å²) < 4.78 is 5.88. The van der Waals surface area contributed by atoms with Crippen LogP contribution in [0.15, 0.2) is 71.9 Å². The highest BCUT2D eigenvalue weighted by Crippen LogP contribution is 2.50. The summed E-state index contributed by atoms with van der Waals surface area (Å²) in [5.74, 6) is 1.31. The van der Waals surface area contributed by atoms with Crippen LogP contribution in [0.3, 0.4) is 0 Å². The van der Waals surface area contributed by atoms with Crippen molar-refractivity contribution in [1.82, 2.24) is 15.6 Å². The number of carbonyl (C=O) groups excluding carboxylic acids is 2. The maximum absolute atomic E-state index is 13.3. The molecule has 8 nitrogen and oxygen atoms in total. The van der Waals surface area contributed by atoms with E-state index in [0.29, 0.717) is 11.4 Å². The third-order valence-electron chi connectivity index (χ3n) is 6.74. The third-order valence-corrected chi connectivity index (χ3v) is 8.02. The molecule has 4 N–H and O–H groups in total. The number of para-hydroxylation sites is 1. The van der Waals surface area contributed by atoms with Gasteiger partial charge in [0.15, 0.2) is 0 Å². The van der Waals surface area contributed by atoms with Gasteiger partial charge in [-0.25, -0.2) is 9.78 Å². The van der Waals surface area contributed by atoms with Gasteiger partial charge in [-0.05, 0) is 61.7 Å². The van der Waals surface area contributed by atoms with Crippen LogP contribution in [0.2, 0.25) is 0 Å². The molecule has 3 aromatic rings. The first-order valence-corrected chi connectivity index (χ1v) is 12.6. The molecule has 2 aromatic carbocycles. The number of hydrogen-bond acceptors (Lipinski definition) is 6. The molecule has 3 amide bonds. The number of ether oxygens (including phenoxy) is 1. The number of anilines is 2. The molecule has 1 fully saturated rings. The second-order valence-corrected chi connectivity index (χ2v) is 10.1. The fourth-order valence-electron chi connectivity index (χ4n) is 5.00. The predicted octanol–water partition coefficient (Wildman–Crippen LogP) is 4.25. The Morgan fingerprint density at radius 3 is 2.60 bits per heavy atom. The maximum atomic E-state index is 13.3. The number of carbonyl (C=O) groups is 2. The lowest BCUT2D eigenvalue weighted by Gasteiger charge is -2.34. The number of aromatic nitrogens is 1. The summed E-state index contributed by atoms with van der Waals surface area (Å²) in [5, 5.41) is 6.43. The summed E-state index contributed by atoms with van der Waals surface area (Å²) in [4.78, 5) is 32.6. The predicted molar refractivity (Wildman–Crippen MR) is 134 cm³/mol. The minimum absolute atomic E-state index is 0.0216. The summed E-state index contributed by atoms with van der Waals surface area (Å²) in [6.07, 6.45) is 4.50. The first kappa shape index (κ1) is 21.9. The second-order valence-electron chi connectivity index (χ2n) is 8.97. The molecular formula is C26H25N5O3S. The highest BCUT2D eigenvalue weighted by atomic mass is 32.2. The van der Waals surface area contributed by atoms with Crippen LogP contribution in [-0.2, 0) is 4.79 Å². The molecule has 3 aliphatic rings. The molecule has 0 bridgehead atoms. The maximum Gasteiger partial charge on any atom is 0.327 e. The van der Waals surface area contributed by atoms with Crippen LogP contribution in [0.1, 0.15) is 30.9 Å². The van der Waals surface area contributed by atoms with Crippen molar-refractivity contribution in [2.24, 2.45) is 5.73 Å². The smallest absolute Gasteiger partial charge is 0.327 e. The van der Waals surface area contributed by atoms with Gasteiger partial charge in [-0.2, -0.15) is 0 Å². The normalized spacial score (nSPS) is 24.6. The van der Waals surface area contributed by atoms with Crippen molar-refractivity contribution >= 4 is 35.1 Å². The van der Waals surface area contributed by atoms with Crippen LogP contribution < -0.4 is 26.0 Å². The van der Waals surface area contributed by atoms with E-state index in [9.17, 15) is 9.59 Å². The molecule has 1 aliphatic carbocycles. The number of pyridine rings is 1. The van der Waals surface area contributed by atoms with Crippen molar-refractivity contribution in [3.8, 4) is 11.5 Å². The zero-order chi connectivity index (χ0) is 23.9. The zero-order valence-electron chi connectivity index (χ0n) is 18.9. The summed E-state index contributed by atoms with van der Waals surface area (Å²) in [7, 11) is 0. The number of rotatable bonds is 5. The first-order valence-electron chi connectivity index (χ1n) is 11.7. The average molecular weight is 488 g/mol. The molecular weight excluding hydrogens is 462 g/mol. The number of nitrogens with two attached hydrogens (primary N) is 1. The van der Waals surface area contributed by atoms with Gasteiger partial charge in [-0.3, -0.25) is 9.69 Å². The monoisotopic (exact) mass is 487 g/mol. The quantitative estimate of drug-likeness (QED) is 0.497. The van der Waals surface area contributed by atoms with Gasteiger partial charge < -0.3 is 21.1 Å². The lowest BCUT2D eigenvalue weighted by Crippen LogP contribution is -2.52. The molecule has 2 unspecified atom stereocenters. The van der Waals surface area contributed by atoms with Crippen LogP contribution in [0.4, 0.5) is 16.2 Å². The van der Waals surface area contributed by atoms with Gasteiger partial charge >= 0.3 is 6.03 Å². The first-order chi connectivity index (χ1) is 17.1. The van der Waals surface area contributed by atoms with E-state index in [1.807, 2.05) is 60.7 Å². The van der Waals surface area contributed by atoms with Gasteiger partial charge in [0.25, 0.3) is 0 Å². The lowest BCUT2D eigenvalue weighted by atomic mass is 9.99. The standard InChI is InChI=1S/C26H25N5O3S/c27-18-7-4-8-19(18)29-24(32)23-22-21-20(13-14-28-25(21)35-23)31(26(33)30-22)15-9-11-17(12-10-15)34-16-5-2-1-3-6-16/h1-3,5-6,9-14,18-19,22-23H,4,7-8,27H2,(H,29,32)(H,30,33)/t18-,19+,22?,23?/m1/s1. The van der Waals surface area contributed by atoms with Crippen LogP contribution >= 0.6 is 11.8 Å². The number of nitrogens with one attached hydrogen (secondary N) is 2. The van der Waals surface area contributed by atoms with Crippen molar-refractivity contribution in [3.63, 3.8) is 0 Å². The highest BCUT2D eigenvalue weighted by Gasteiger charge is 2.47. The molecule has 1 aromatic heterocycles. The van der Waals surface area contributed by atoms with Gasteiger partial charge in [-0.1, -0.05) is 30.0 Å². The molecule has 6 rings (SSSR count). The molecule has 4 atom stereocenters.